The van der Waals surface area contributed by atoms with E-state index >= 15 is 0 Å². The van der Waals surface area contributed by atoms with Crippen molar-refractivity contribution in [3.8, 4) is 5.75 Å². The zero-order valence-corrected chi connectivity index (χ0v) is 13.6. The maximum atomic E-state index is 12.1. The van der Waals surface area contributed by atoms with Gasteiger partial charge in [-0.1, -0.05) is 19.4 Å². The van der Waals surface area contributed by atoms with Gasteiger partial charge < -0.3 is 9.47 Å². The Labute approximate surface area is 136 Å². The van der Waals surface area contributed by atoms with E-state index in [2.05, 4.69) is 11.3 Å². The quantitative estimate of drug-likeness (QED) is 0.266. The van der Waals surface area contributed by atoms with Crippen molar-refractivity contribution >= 4 is 22.3 Å². The Hall–Kier alpha value is -2.15. The molecule has 0 amide bonds. The summed E-state index contributed by atoms with van der Waals surface area (Å²) in [6.45, 7) is 3.90. The molecule has 126 valence electrons. The predicted octanol–water partition coefficient (Wildman–Crippen LogP) is 2.29. The van der Waals surface area contributed by atoms with Crippen molar-refractivity contribution in [3.63, 3.8) is 0 Å². The van der Waals surface area contributed by atoms with Crippen LogP contribution in [-0.4, -0.2) is 33.2 Å². The van der Waals surface area contributed by atoms with Crippen LogP contribution in [0.2, 0.25) is 0 Å². The lowest BCUT2D eigenvalue weighted by Crippen LogP contribution is -2.07. The van der Waals surface area contributed by atoms with E-state index in [0.717, 1.165) is 18.9 Å². The third-order valence-corrected chi connectivity index (χ3v) is 4.90. The number of benzene rings is 1. The molecule has 23 heavy (non-hydrogen) atoms. The SMILES string of the molecule is C=CC(=O)OCCCCCCS(=O)(=O)c1ccc(OC=O)cc1. The summed E-state index contributed by atoms with van der Waals surface area (Å²) in [5.41, 5.74) is 0. The molecule has 6 nitrogen and oxygen atoms in total. The van der Waals surface area contributed by atoms with Gasteiger partial charge in [-0.3, -0.25) is 4.79 Å². The highest BCUT2D eigenvalue weighted by Gasteiger charge is 2.13. The highest BCUT2D eigenvalue weighted by atomic mass is 32.2. The first kappa shape index (κ1) is 18.9. The van der Waals surface area contributed by atoms with Crippen molar-refractivity contribution in [3.05, 3.63) is 36.9 Å². The molecule has 1 rings (SSSR count). The second-order valence-corrected chi connectivity index (χ2v) is 6.90. The summed E-state index contributed by atoms with van der Waals surface area (Å²) >= 11 is 0. The summed E-state index contributed by atoms with van der Waals surface area (Å²) in [6.07, 6.45) is 3.85. The van der Waals surface area contributed by atoms with E-state index in [-0.39, 0.29) is 17.1 Å². The van der Waals surface area contributed by atoms with Crippen LogP contribution in [0.25, 0.3) is 0 Å². The Morgan fingerprint density at radius 1 is 1.09 bits per heavy atom. The van der Waals surface area contributed by atoms with Crippen molar-refractivity contribution in [2.24, 2.45) is 0 Å². The number of rotatable bonds is 11. The average Bonchev–Trinajstić information content (AvgIpc) is 2.54. The van der Waals surface area contributed by atoms with Gasteiger partial charge in [-0.2, -0.15) is 0 Å². The maximum Gasteiger partial charge on any atom is 0.330 e. The molecule has 0 N–H and O–H groups in total. The van der Waals surface area contributed by atoms with E-state index in [1.165, 1.54) is 24.3 Å². The fraction of sp³-hybridized carbons (Fsp3) is 0.375. The number of esters is 1. The molecule has 0 aliphatic heterocycles. The molecule has 0 aliphatic rings. The fourth-order valence-corrected chi connectivity index (χ4v) is 3.25. The predicted molar refractivity (Wildman–Crippen MR) is 84.8 cm³/mol. The first-order valence-electron chi connectivity index (χ1n) is 7.22. The number of hydrogen-bond acceptors (Lipinski definition) is 6. The molecule has 0 heterocycles. The second kappa shape index (κ2) is 9.78. The zero-order valence-electron chi connectivity index (χ0n) is 12.8. The first-order chi connectivity index (χ1) is 11.0. The van der Waals surface area contributed by atoms with Crippen molar-refractivity contribution in [1.82, 2.24) is 0 Å². The van der Waals surface area contributed by atoms with Crippen LogP contribution in [0.3, 0.4) is 0 Å². The number of hydrogen-bond donors (Lipinski definition) is 0. The summed E-state index contributed by atoms with van der Waals surface area (Å²) in [6, 6.07) is 5.72. The molecule has 0 aromatic heterocycles. The highest BCUT2D eigenvalue weighted by molar-refractivity contribution is 7.91. The Balaban J connectivity index is 2.31. The minimum atomic E-state index is -3.34. The molecule has 0 saturated carbocycles. The molecule has 0 spiro atoms. The van der Waals surface area contributed by atoms with Gasteiger partial charge in [0.25, 0.3) is 6.47 Å². The van der Waals surface area contributed by atoms with E-state index in [1.807, 2.05) is 0 Å². The Kier molecular flexibility index (Phi) is 8.04. The van der Waals surface area contributed by atoms with Gasteiger partial charge in [-0.15, -0.1) is 0 Å². The van der Waals surface area contributed by atoms with Crippen LogP contribution in [0.5, 0.6) is 5.75 Å². The molecule has 0 unspecified atom stereocenters. The molecule has 0 bridgehead atoms. The van der Waals surface area contributed by atoms with Gasteiger partial charge in [-0.05, 0) is 37.1 Å². The van der Waals surface area contributed by atoms with Gasteiger partial charge in [0.1, 0.15) is 5.75 Å². The lowest BCUT2D eigenvalue weighted by molar-refractivity contribution is -0.137. The molecule has 0 atom stereocenters. The third-order valence-electron chi connectivity index (χ3n) is 3.09. The Bertz CT molecular complexity index is 618. The van der Waals surface area contributed by atoms with Crippen LogP contribution >= 0.6 is 0 Å². The maximum absolute atomic E-state index is 12.1. The average molecular weight is 340 g/mol. The zero-order chi connectivity index (χ0) is 17.1. The summed E-state index contributed by atoms with van der Waals surface area (Å²) in [5, 5.41) is 0. The highest BCUT2D eigenvalue weighted by Crippen LogP contribution is 2.18. The van der Waals surface area contributed by atoms with E-state index < -0.39 is 15.8 Å². The smallest absolute Gasteiger partial charge is 0.330 e. The standard InChI is InChI=1S/C16H20O6S/c1-2-16(18)21-11-5-3-4-6-12-23(19,20)15-9-7-14(8-10-15)22-13-17/h2,7-10,13H,1,3-6,11-12H2. The lowest BCUT2D eigenvalue weighted by Gasteiger charge is -2.06. The summed E-state index contributed by atoms with van der Waals surface area (Å²) in [5.74, 6) is -0.101. The van der Waals surface area contributed by atoms with Gasteiger partial charge in [0.05, 0.1) is 17.3 Å². The van der Waals surface area contributed by atoms with Gasteiger partial charge in [0.15, 0.2) is 9.84 Å². The second-order valence-electron chi connectivity index (χ2n) is 4.79. The van der Waals surface area contributed by atoms with Crippen LogP contribution in [-0.2, 0) is 24.2 Å². The number of unbranched alkanes of at least 4 members (excludes halogenated alkanes) is 3. The van der Waals surface area contributed by atoms with Crippen LogP contribution in [0.4, 0.5) is 0 Å². The molecule has 0 fully saturated rings. The number of carbonyl (C=O) groups is 2. The van der Waals surface area contributed by atoms with E-state index in [0.29, 0.717) is 25.2 Å². The van der Waals surface area contributed by atoms with Crippen molar-refractivity contribution in [1.29, 1.82) is 0 Å². The minimum Gasteiger partial charge on any atom is -0.463 e. The number of carbonyl (C=O) groups excluding carboxylic acids is 2. The summed E-state index contributed by atoms with van der Waals surface area (Å²) in [7, 11) is -3.34. The fourth-order valence-electron chi connectivity index (χ4n) is 1.88. The Morgan fingerprint density at radius 2 is 1.74 bits per heavy atom. The third kappa shape index (κ3) is 7.10. The van der Waals surface area contributed by atoms with Gasteiger partial charge in [0, 0.05) is 6.08 Å². The number of sulfone groups is 1. The largest absolute Gasteiger partial charge is 0.463 e. The van der Waals surface area contributed by atoms with Gasteiger partial charge >= 0.3 is 5.97 Å². The normalized spacial score (nSPS) is 10.8. The summed E-state index contributed by atoms with van der Waals surface area (Å²) < 4.78 is 33.7. The molecule has 1 aromatic carbocycles. The van der Waals surface area contributed by atoms with E-state index in [1.54, 1.807) is 0 Å². The monoisotopic (exact) mass is 340 g/mol. The van der Waals surface area contributed by atoms with Crippen LogP contribution < -0.4 is 4.74 Å². The minimum absolute atomic E-state index is 0.0489. The molecular weight excluding hydrogens is 320 g/mol. The van der Waals surface area contributed by atoms with Crippen molar-refractivity contribution < 1.29 is 27.5 Å². The van der Waals surface area contributed by atoms with Crippen molar-refractivity contribution in [2.45, 2.75) is 30.6 Å². The lowest BCUT2D eigenvalue weighted by atomic mass is 10.2. The molecule has 7 heteroatoms. The Morgan fingerprint density at radius 3 is 2.35 bits per heavy atom. The molecule has 0 radical (unpaired) electrons. The van der Waals surface area contributed by atoms with Crippen LogP contribution in [0.15, 0.2) is 41.8 Å². The first-order valence-corrected chi connectivity index (χ1v) is 8.87. The van der Waals surface area contributed by atoms with Gasteiger partial charge in [-0.25, -0.2) is 13.2 Å². The van der Waals surface area contributed by atoms with Crippen LogP contribution in [0, 0.1) is 0 Å². The molecule has 0 saturated heterocycles. The topological polar surface area (TPSA) is 86.7 Å². The molecule has 0 aliphatic carbocycles. The summed E-state index contributed by atoms with van der Waals surface area (Å²) in [4.78, 5) is 21.2. The van der Waals surface area contributed by atoms with E-state index in [4.69, 9.17) is 4.74 Å². The van der Waals surface area contributed by atoms with Crippen molar-refractivity contribution in [2.75, 3.05) is 12.4 Å². The number of ether oxygens (including phenoxy) is 2. The molecule has 1 aromatic rings. The van der Waals surface area contributed by atoms with E-state index in [9.17, 15) is 18.0 Å². The van der Waals surface area contributed by atoms with Gasteiger partial charge in [0.2, 0.25) is 0 Å². The molecular formula is C16H20O6S. The van der Waals surface area contributed by atoms with Crippen LogP contribution in [0.1, 0.15) is 25.7 Å².